The summed E-state index contributed by atoms with van der Waals surface area (Å²) in [6, 6.07) is 5.60. The Kier molecular flexibility index (Phi) is 21.8. The summed E-state index contributed by atoms with van der Waals surface area (Å²) in [6.07, 6.45) is 12.4. The average molecular weight is 686 g/mol. The van der Waals surface area contributed by atoms with E-state index >= 15 is 0 Å². The summed E-state index contributed by atoms with van der Waals surface area (Å²) in [7, 11) is 2.30. The van der Waals surface area contributed by atoms with Crippen LogP contribution in [0.4, 0.5) is 0 Å². The zero-order chi connectivity index (χ0) is 36.5. The molecule has 0 aromatic heterocycles. The summed E-state index contributed by atoms with van der Waals surface area (Å²) in [5.41, 5.74) is -2.02. The van der Waals surface area contributed by atoms with Gasteiger partial charge in [-0.3, -0.25) is 14.4 Å². The van der Waals surface area contributed by atoms with Gasteiger partial charge in [0.15, 0.2) is 5.60 Å². The van der Waals surface area contributed by atoms with Crippen LogP contribution in [0.15, 0.2) is 36.4 Å². The lowest BCUT2D eigenvalue weighted by Gasteiger charge is -2.30. The molecule has 3 N–H and O–H groups in total. The number of aliphatic hydroxyl groups is 1. The minimum atomic E-state index is -2.67. The summed E-state index contributed by atoms with van der Waals surface area (Å²) in [4.78, 5) is 62.7. The number of unbranched alkanes of at least 4 members (excludes halogenated alkanes) is 8. The Labute approximate surface area is 291 Å². The Balaban J connectivity index is 2.96. The number of Topliss-reactive ketones (excluding diaryl/α,β-unsaturated/α-hetero) is 1. The van der Waals surface area contributed by atoms with Gasteiger partial charge in [-0.2, -0.15) is 0 Å². The lowest BCUT2D eigenvalue weighted by molar-refractivity contribution is -0.168. The van der Waals surface area contributed by atoms with E-state index < -0.39 is 54.2 Å². The fourth-order valence-corrected chi connectivity index (χ4v) is 5.22. The van der Waals surface area contributed by atoms with Gasteiger partial charge >= 0.3 is 17.9 Å². The third-order valence-corrected chi connectivity index (χ3v) is 8.22. The maximum absolute atomic E-state index is 13.7. The van der Waals surface area contributed by atoms with Crippen LogP contribution in [0.25, 0.3) is 0 Å². The van der Waals surface area contributed by atoms with Crippen LogP contribution in [-0.4, -0.2) is 72.3 Å². The molecule has 1 amide bonds. The third kappa shape index (κ3) is 17.2. The highest BCUT2D eigenvalue weighted by Gasteiger charge is 2.47. The maximum atomic E-state index is 13.7. The molecule has 0 aliphatic carbocycles. The summed E-state index contributed by atoms with van der Waals surface area (Å²) in [6.45, 7) is 4.08. The number of allylic oxidation sites excluding steroid dienone is 1. The highest BCUT2D eigenvalue weighted by Crippen LogP contribution is 2.27. The number of carboxylic acid groups (broad SMARTS) is 1. The second-order valence-electron chi connectivity index (χ2n) is 12.0. The second kappa shape index (κ2) is 24.9. The number of rotatable bonds is 26. The fourth-order valence-electron chi connectivity index (χ4n) is 5.22. The van der Waals surface area contributed by atoms with Crippen molar-refractivity contribution in [3.63, 3.8) is 0 Å². The van der Waals surface area contributed by atoms with E-state index in [1.165, 1.54) is 32.4 Å². The molecule has 0 heterocycles. The third-order valence-electron chi connectivity index (χ3n) is 8.22. The first-order valence-corrected chi connectivity index (χ1v) is 17.2. The molecule has 0 spiro atoms. The van der Waals surface area contributed by atoms with Crippen molar-refractivity contribution in [1.29, 1.82) is 0 Å². The lowest BCUT2D eigenvalue weighted by Crippen LogP contribution is -2.55. The van der Waals surface area contributed by atoms with Gasteiger partial charge in [0.1, 0.15) is 24.2 Å². The van der Waals surface area contributed by atoms with Gasteiger partial charge < -0.3 is 29.7 Å². The first-order chi connectivity index (χ1) is 23.5. The largest absolute Gasteiger partial charge is 0.481 e. The van der Waals surface area contributed by atoms with E-state index in [4.69, 9.17) is 9.47 Å². The SMILES string of the molecule is CC#CCOc1ccc(C[C@H](NC(=O)[C@@H](/C=C/CCCCCCC(=O)CCCCCCC)[C@@](O)(CCC(=O)OC)C(=O)O)C(=O)OC)cc1. The van der Waals surface area contributed by atoms with E-state index in [9.17, 15) is 34.2 Å². The molecule has 1 aromatic carbocycles. The van der Waals surface area contributed by atoms with Crippen LogP contribution in [0.2, 0.25) is 0 Å². The Bertz CT molecular complexity index is 1260. The number of carboxylic acids is 1. The van der Waals surface area contributed by atoms with Crippen molar-refractivity contribution in [2.45, 2.75) is 122 Å². The van der Waals surface area contributed by atoms with Crippen LogP contribution in [0.3, 0.4) is 0 Å². The maximum Gasteiger partial charge on any atom is 0.336 e. The Morgan fingerprint density at radius 3 is 2.10 bits per heavy atom. The highest BCUT2D eigenvalue weighted by atomic mass is 16.5. The number of esters is 2. The van der Waals surface area contributed by atoms with Crippen molar-refractivity contribution >= 4 is 29.6 Å². The summed E-state index contributed by atoms with van der Waals surface area (Å²) in [5.74, 6) is 0.598. The molecule has 11 heteroatoms. The van der Waals surface area contributed by atoms with Gasteiger partial charge in [0, 0.05) is 25.7 Å². The van der Waals surface area contributed by atoms with Crippen molar-refractivity contribution < 1.29 is 48.4 Å². The quantitative estimate of drug-likeness (QED) is 0.0491. The predicted molar refractivity (Wildman–Crippen MR) is 186 cm³/mol. The van der Waals surface area contributed by atoms with Gasteiger partial charge in [0.25, 0.3) is 0 Å². The van der Waals surface area contributed by atoms with E-state index in [-0.39, 0.29) is 13.0 Å². The van der Waals surface area contributed by atoms with Gasteiger partial charge in [-0.1, -0.05) is 75.7 Å². The number of hydrogen-bond donors (Lipinski definition) is 3. The molecule has 1 rings (SSSR count). The van der Waals surface area contributed by atoms with E-state index in [0.717, 1.165) is 45.6 Å². The normalized spacial score (nSPS) is 13.3. The van der Waals surface area contributed by atoms with E-state index in [0.29, 0.717) is 36.4 Å². The standard InChI is InChI=1S/C38H55NO10/c1-5-7-9-12-15-18-30(40)19-16-13-10-11-14-17-20-32(38(46,37(44)45)26-25-34(41)47-3)35(42)39-33(36(43)48-4)28-29-21-23-31(24-22-29)49-27-8-6-2/h17,20-24,32-33,46H,5,7,9-16,18-19,25-28H2,1-4H3,(H,39,42)(H,44,45)/b20-17+/t32-,33+,38+/m1/s1. The number of carbonyl (C=O) groups excluding carboxylic acids is 4. The number of amides is 1. The smallest absolute Gasteiger partial charge is 0.336 e. The fraction of sp³-hybridized carbons (Fsp3) is 0.605. The Hall–Kier alpha value is -4.17. The summed E-state index contributed by atoms with van der Waals surface area (Å²) >= 11 is 0. The van der Waals surface area contributed by atoms with Crippen molar-refractivity contribution in [1.82, 2.24) is 5.32 Å². The van der Waals surface area contributed by atoms with Crippen LogP contribution in [0.1, 0.15) is 109 Å². The number of hydrogen-bond acceptors (Lipinski definition) is 9. The number of benzene rings is 1. The average Bonchev–Trinajstić information content (AvgIpc) is 3.09. The number of nitrogens with one attached hydrogen (secondary N) is 1. The van der Waals surface area contributed by atoms with Gasteiger partial charge in [0.2, 0.25) is 5.91 Å². The molecule has 0 saturated carbocycles. The minimum absolute atomic E-state index is 0.0128. The van der Waals surface area contributed by atoms with Gasteiger partial charge in [-0.05, 0) is 56.7 Å². The van der Waals surface area contributed by atoms with E-state index in [1.807, 2.05) is 0 Å². The second-order valence-corrected chi connectivity index (χ2v) is 12.0. The molecular weight excluding hydrogens is 630 g/mol. The number of methoxy groups -OCH3 is 2. The molecule has 0 fully saturated rings. The molecule has 0 aliphatic heterocycles. The lowest BCUT2D eigenvalue weighted by atomic mass is 9.81. The first-order valence-electron chi connectivity index (χ1n) is 17.2. The first kappa shape index (κ1) is 42.9. The highest BCUT2D eigenvalue weighted by molar-refractivity contribution is 5.93. The van der Waals surface area contributed by atoms with Gasteiger partial charge in [-0.25, -0.2) is 9.59 Å². The van der Waals surface area contributed by atoms with Crippen LogP contribution < -0.4 is 10.1 Å². The van der Waals surface area contributed by atoms with E-state index in [1.54, 1.807) is 37.3 Å². The number of ketones is 1. The molecule has 0 unspecified atom stereocenters. The van der Waals surface area contributed by atoms with Crippen molar-refractivity contribution in [2.75, 3.05) is 20.8 Å². The van der Waals surface area contributed by atoms with Gasteiger partial charge in [-0.15, -0.1) is 5.92 Å². The van der Waals surface area contributed by atoms with Crippen LogP contribution in [0, 0.1) is 17.8 Å². The molecule has 272 valence electrons. The Morgan fingerprint density at radius 2 is 1.53 bits per heavy atom. The monoisotopic (exact) mass is 685 g/mol. The van der Waals surface area contributed by atoms with Crippen LogP contribution >= 0.6 is 0 Å². The molecule has 11 nitrogen and oxygen atoms in total. The van der Waals surface area contributed by atoms with Crippen molar-refractivity contribution in [3.05, 3.63) is 42.0 Å². The number of carbonyl (C=O) groups is 5. The summed E-state index contributed by atoms with van der Waals surface area (Å²) < 4.78 is 15.0. The molecule has 3 atom stereocenters. The minimum Gasteiger partial charge on any atom is -0.481 e. The molecule has 49 heavy (non-hydrogen) atoms. The molecule has 0 aliphatic rings. The predicted octanol–water partition coefficient (Wildman–Crippen LogP) is 5.50. The number of aliphatic carboxylic acids is 1. The molecule has 0 bridgehead atoms. The number of ether oxygens (including phenoxy) is 3. The molecular formula is C38H55NO10. The summed E-state index contributed by atoms with van der Waals surface area (Å²) in [5, 5.41) is 23.9. The van der Waals surface area contributed by atoms with Crippen LogP contribution in [-0.2, 0) is 39.9 Å². The van der Waals surface area contributed by atoms with Crippen molar-refractivity contribution in [3.8, 4) is 17.6 Å². The zero-order valence-electron chi connectivity index (χ0n) is 29.6. The van der Waals surface area contributed by atoms with Crippen molar-refractivity contribution in [2.24, 2.45) is 5.92 Å². The Morgan fingerprint density at radius 1 is 0.898 bits per heavy atom. The molecule has 0 radical (unpaired) electrons. The topological polar surface area (TPSA) is 166 Å². The molecule has 0 saturated heterocycles. The van der Waals surface area contributed by atoms with Gasteiger partial charge in [0.05, 0.1) is 20.1 Å². The zero-order valence-corrected chi connectivity index (χ0v) is 29.6. The molecule has 1 aromatic rings. The van der Waals surface area contributed by atoms with E-state index in [2.05, 4.69) is 28.8 Å². The van der Waals surface area contributed by atoms with Crippen LogP contribution in [0.5, 0.6) is 5.75 Å².